The smallest absolute Gasteiger partial charge is 0.122 e. The van der Waals surface area contributed by atoms with Crippen molar-refractivity contribution in [3.8, 4) is 5.75 Å². The lowest BCUT2D eigenvalue weighted by molar-refractivity contribution is 0.232. The van der Waals surface area contributed by atoms with Crippen LogP contribution in [0.5, 0.6) is 5.75 Å². The lowest BCUT2D eigenvalue weighted by atomic mass is 9.98. The van der Waals surface area contributed by atoms with E-state index < -0.39 is 0 Å². The number of rotatable bonds is 6. The Hall–Kier alpha value is -1.07. The molecule has 1 saturated heterocycles. The van der Waals surface area contributed by atoms with Crippen LogP contribution >= 0.6 is 27.5 Å². The molecule has 5 heteroatoms. The first kappa shape index (κ1) is 18.7. The Kier molecular flexibility index (Phi) is 6.77. The molecule has 0 bridgehead atoms. The minimum Gasteiger partial charge on any atom is -0.496 e. The first-order valence-electron chi connectivity index (χ1n) is 8.69. The summed E-state index contributed by atoms with van der Waals surface area (Å²) in [6, 6.07) is 12.4. The number of benzene rings is 2. The van der Waals surface area contributed by atoms with Crippen molar-refractivity contribution < 1.29 is 4.74 Å². The number of halogens is 2. The molecule has 0 aromatic heterocycles. The molecule has 0 unspecified atom stereocenters. The van der Waals surface area contributed by atoms with Gasteiger partial charge in [0, 0.05) is 42.2 Å². The summed E-state index contributed by atoms with van der Waals surface area (Å²) in [5, 5.41) is 4.27. The Labute approximate surface area is 163 Å². The fourth-order valence-electron chi connectivity index (χ4n) is 3.34. The highest BCUT2D eigenvalue weighted by Gasteiger charge is 2.14. The number of methoxy groups -OCH3 is 1. The van der Waals surface area contributed by atoms with Crippen LogP contribution in [-0.2, 0) is 19.4 Å². The Bertz CT molecular complexity index is 717. The van der Waals surface area contributed by atoms with E-state index in [2.05, 4.69) is 44.3 Å². The van der Waals surface area contributed by atoms with Crippen molar-refractivity contribution in [2.24, 2.45) is 0 Å². The molecule has 134 valence electrons. The Balaban J connectivity index is 1.76. The van der Waals surface area contributed by atoms with E-state index in [9.17, 15) is 0 Å². The van der Waals surface area contributed by atoms with Crippen LogP contribution in [0.25, 0.3) is 0 Å². The van der Waals surface area contributed by atoms with Crippen molar-refractivity contribution >= 4 is 27.5 Å². The second kappa shape index (κ2) is 9.04. The summed E-state index contributed by atoms with van der Waals surface area (Å²) in [6.07, 6.45) is 1.81. The molecule has 0 amide bonds. The maximum absolute atomic E-state index is 6.55. The van der Waals surface area contributed by atoms with Crippen LogP contribution in [0.2, 0.25) is 5.02 Å². The second-order valence-corrected chi connectivity index (χ2v) is 7.68. The number of nitrogens with zero attached hydrogens (tertiary/aromatic N) is 1. The van der Waals surface area contributed by atoms with Crippen LogP contribution in [0, 0.1) is 0 Å². The fourth-order valence-corrected chi connectivity index (χ4v) is 4.04. The molecule has 1 heterocycles. The van der Waals surface area contributed by atoms with Crippen molar-refractivity contribution in [2.45, 2.75) is 19.4 Å². The van der Waals surface area contributed by atoms with Crippen molar-refractivity contribution in [1.82, 2.24) is 10.2 Å². The number of piperazine rings is 1. The molecule has 2 aromatic rings. The molecule has 0 saturated carbocycles. The minimum absolute atomic E-state index is 0.863. The van der Waals surface area contributed by atoms with Gasteiger partial charge in [-0.2, -0.15) is 0 Å². The average molecular weight is 424 g/mol. The number of nitrogens with one attached hydrogen (secondary N) is 1. The van der Waals surface area contributed by atoms with E-state index in [4.69, 9.17) is 16.3 Å². The van der Waals surface area contributed by atoms with E-state index in [1.165, 1.54) is 16.7 Å². The first-order chi connectivity index (χ1) is 12.2. The van der Waals surface area contributed by atoms with E-state index in [1.807, 2.05) is 18.2 Å². The second-order valence-electron chi connectivity index (χ2n) is 6.36. The molecule has 0 spiro atoms. The van der Waals surface area contributed by atoms with Crippen molar-refractivity contribution in [1.29, 1.82) is 0 Å². The van der Waals surface area contributed by atoms with Crippen molar-refractivity contribution in [2.75, 3.05) is 33.3 Å². The van der Waals surface area contributed by atoms with E-state index in [0.29, 0.717) is 0 Å². The summed E-state index contributed by atoms with van der Waals surface area (Å²) >= 11 is 10.1. The molecule has 1 aliphatic heterocycles. The lowest BCUT2D eigenvalue weighted by Gasteiger charge is -2.28. The molecule has 1 aliphatic rings. The average Bonchev–Trinajstić information content (AvgIpc) is 2.62. The summed E-state index contributed by atoms with van der Waals surface area (Å²) in [4.78, 5) is 2.49. The summed E-state index contributed by atoms with van der Waals surface area (Å²) in [5.74, 6) is 0.930. The highest BCUT2D eigenvalue weighted by molar-refractivity contribution is 9.10. The molecule has 25 heavy (non-hydrogen) atoms. The largest absolute Gasteiger partial charge is 0.496 e. The number of aryl methyl sites for hydroxylation is 1. The molecular formula is C20H24BrClN2O. The standard InChI is InChI=1S/C20H24BrClN2O/c1-25-20-8-6-17(21)13-15(20)5-7-18-16(3-2-4-19(18)22)14-24-11-9-23-10-12-24/h2-4,6,8,13,23H,5,7,9-12,14H2,1H3. The van der Waals surface area contributed by atoms with E-state index in [1.54, 1.807) is 7.11 Å². The third-order valence-electron chi connectivity index (χ3n) is 4.71. The maximum atomic E-state index is 6.55. The Morgan fingerprint density at radius 2 is 1.92 bits per heavy atom. The van der Waals surface area contributed by atoms with Crippen LogP contribution in [0.4, 0.5) is 0 Å². The summed E-state index contributed by atoms with van der Waals surface area (Å²) < 4.78 is 6.57. The van der Waals surface area contributed by atoms with Crippen LogP contribution in [0.3, 0.4) is 0 Å². The third-order valence-corrected chi connectivity index (χ3v) is 5.55. The molecule has 1 N–H and O–H groups in total. The lowest BCUT2D eigenvalue weighted by Crippen LogP contribution is -2.43. The van der Waals surface area contributed by atoms with Crippen molar-refractivity contribution in [3.63, 3.8) is 0 Å². The monoisotopic (exact) mass is 422 g/mol. The molecular weight excluding hydrogens is 400 g/mol. The highest BCUT2D eigenvalue weighted by atomic mass is 79.9. The van der Waals surface area contributed by atoms with Crippen LogP contribution in [0.15, 0.2) is 40.9 Å². The van der Waals surface area contributed by atoms with E-state index >= 15 is 0 Å². The van der Waals surface area contributed by atoms with Gasteiger partial charge in [-0.15, -0.1) is 0 Å². The van der Waals surface area contributed by atoms with Crippen LogP contribution in [-0.4, -0.2) is 38.2 Å². The van der Waals surface area contributed by atoms with Crippen LogP contribution in [0.1, 0.15) is 16.7 Å². The predicted molar refractivity (Wildman–Crippen MR) is 108 cm³/mol. The summed E-state index contributed by atoms with van der Waals surface area (Å²) in [7, 11) is 1.72. The first-order valence-corrected chi connectivity index (χ1v) is 9.86. The van der Waals surface area contributed by atoms with Gasteiger partial charge < -0.3 is 10.1 Å². The zero-order chi connectivity index (χ0) is 17.6. The third kappa shape index (κ3) is 4.98. The molecule has 1 fully saturated rings. The highest BCUT2D eigenvalue weighted by Crippen LogP contribution is 2.27. The maximum Gasteiger partial charge on any atom is 0.122 e. The van der Waals surface area contributed by atoms with Gasteiger partial charge in [0.05, 0.1) is 7.11 Å². The van der Waals surface area contributed by atoms with E-state index in [-0.39, 0.29) is 0 Å². The van der Waals surface area contributed by atoms with Crippen LogP contribution < -0.4 is 10.1 Å². The number of ether oxygens (including phenoxy) is 1. The topological polar surface area (TPSA) is 24.5 Å². The van der Waals surface area contributed by atoms with Gasteiger partial charge in [-0.05, 0) is 53.8 Å². The van der Waals surface area contributed by atoms with Gasteiger partial charge in [0.2, 0.25) is 0 Å². The Morgan fingerprint density at radius 1 is 1.12 bits per heavy atom. The van der Waals surface area contributed by atoms with Gasteiger partial charge >= 0.3 is 0 Å². The van der Waals surface area contributed by atoms with Gasteiger partial charge in [0.1, 0.15) is 5.75 Å². The molecule has 0 radical (unpaired) electrons. The van der Waals surface area contributed by atoms with Gasteiger partial charge in [-0.25, -0.2) is 0 Å². The van der Waals surface area contributed by atoms with Gasteiger partial charge in [0.25, 0.3) is 0 Å². The predicted octanol–water partition coefficient (Wildman–Crippen LogP) is 4.30. The quantitative estimate of drug-likeness (QED) is 0.749. The zero-order valence-electron chi connectivity index (χ0n) is 14.5. The molecule has 3 nitrogen and oxygen atoms in total. The molecule has 2 aromatic carbocycles. The Morgan fingerprint density at radius 3 is 2.68 bits per heavy atom. The molecule has 0 aliphatic carbocycles. The normalized spacial score (nSPS) is 15.3. The van der Waals surface area contributed by atoms with Gasteiger partial charge in [0.15, 0.2) is 0 Å². The summed E-state index contributed by atoms with van der Waals surface area (Å²) in [5.41, 5.74) is 3.79. The molecule has 3 rings (SSSR count). The number of hydrogen-bond donors (Lipinski definition) is 1. The van der Waals surface area contributed by atoms with Crippen molar-refractivity contribution in [3.05, 3.63) is 62.6 Å². The fraction of sp³-hybridized carbons (Fsp3) is 0.400. The minimum atomic E-state index is 0.863. The van der Waals surface area contributed by atoms with E-state index in [0.717, 1.165) is 60.8 Å². The number of hydrogen-bond acceptors (Lipinski definition) is 3. The van der Waals surface area contributed by atoms with Gasteiger partial charge in [-0.3, -0.25) is 4.90 Å². The zero-order valence-corrected chi connectivity index (χ0v) is 16.9. The molecule has 0 atom stereocenters. The van der Waals surface area contributed by atoms with Gasteiger partial charge in [-0.1, -0.05) is 39.7 Å². The summed E-state index contributed by atoms with van der Waals surface area (Å²) in [6.45, 7) is 5.26. The SMILES string of the molecule is COc1ccc(Br)cc1CCc1c(Cl)cccc1CN1CCNCC1.